The van der Waals surface area contributed by atoms with Crippen LogP contribution in [0.2, 0.25) is 0 Å². The van der Waals surface area contributed by atoms with Crippen molar-refractivity contribution in [1.29, 1.82) is 0 Å². The Labute approximate surface area is 156 Å². The molecule has 0 atom stereocenters. The van der Waals surface area contributed by atoms with Crippen LogP contribution in [0.5, 0.6) is 5.75 Å². The lowest BCUT2D eigenvalue weighted by molar-refractivity contribution is -0.123. The number of ether oxygens (including phenoxy) is 1. The van der Waals surface area contributed by atoms with Crippen LogP contribution in [-0.4, -0.2) is 23.7 Å². The van der Waals surface area contributed by atoms with Gasteiger partial charge in [-0.05, 0) is 29.0 Å². The molecule has 0 aliphatic carbocycles. The zero-order chi connectivity index (χ0) is 18.5. The van der Waals surface area contributed by atoms with Crippen LogP contribution in [0, 0.1) is 0 Å². The number of amides is 1. The highest BCUT2D eigenvalue weighted by molar-refractivity contribution is 5.97. The molecule has 1 amide bonds. The molecule has 0 radical (unpaired) electrons. The van der Waals surface area contributed by atoms with Crippen LogP contribution < -0.4 is 10.2 Å². The topological polar surface area (TPSA) is 63.6 Å². The predicted octanol–water partition coefficient (Wildman–Crippen LogP) is 3.92. The van der Waals surface area contributed by atoms with Crippen molar-refractivity contribution in [1.82, 2.24) is 10.4 Å². The van der Waals surface area contributed by atoms with Crippen molar-refractivity contribution < 1.29 is 9.53 Å². The maximum Gasteiger partial charge on any atom is 0.277 e. The first kappa shape index (κ1) is 16.7. The molecule has 1 N–H and O–H groups in total. The summed E-state index contributed by atoms with van der Waals surface area (Å²) < 4.78 is 5.55. The van der Waals surface area contributed by atoms with Crippen LogP contribution in [0.3, 0.4) is 0 Å². The number of carbonyl (C=O) groups is 1. The van der Waals surface area contributed by atoms with Gasteiger partial charge in [-0.15, -0.1) is 0 Å². The number of nitrogens with zero attached hydrogens (tertiary/aromatic N) is 2. The van der Waals surface area contributed by atoms with Gasteiger partial charge >= 0.3 is 0 Å². The lowest BCUT2D eigenvalue weighted by Crippen LogP contribution is -2.24. The van der Waals surface area contributed by atoms with Crippen LogP contribution >= 0.6 is 0 Å². The minimum atomic E-state index is -0.326. The highest BCUT2D eigenvalue weighted by atomic mass is 16.5. The second kappa shape index (κ2) is 7.66. The van der Waals surface area contributed by atoms with Crippen LogP contribution in [0.1, 0.15) is 5.56 Å². The molecule has 1 aromatic heterocycles. The van der Waals surface area contributed by atoms with E-state index in [2.05, 4.69) is 15.5 Å². The molecule has 0 spiro atoms. The molecular formula is C22H17N3O2. The Hall–Kier alpha value is -3.73. The summed E-state index contributed by atoms with van der Waals surface area (Å²) in [4.78, 5) is 16.3. The Morgan fingerprint density at radius 1 is 0.963 bits per heavy atom. The molecule has 0 fully saturated rings. The average Bonchev–Trinajstić information content (AvgIpc) is 2.72. The quantitative estimate of drug-likeness (QED) is 0.436. The number of fused-ring (bicyclic) bond motifs is 2. The number of pyridine rings is 1. The summed E-state index contributed by atoms with van der Waals surface area (Å²) in [5.41, 5.74) is 4.16. The largest absolute Gasteiger partial charge is 0.484 e. The van der Waals surface area contributed by atoms with Gasteiger partial charge in [0.25, 0.3) is 5.91 Å². The number of hydrogen-bond acceptors (Lipinski definition) is 4. The molecule has 0 aliphatic rings. The average molecular weight is 355 g/mol. The summed E-state index contributed by atoms with van der Waals surface area (Å²) in [5, 5.41) is 7.22. The Kier molecular flexibility index (Phi) is 4.74. The molecule has 4 aromatic rings. The summed E-state index contributed by atoms with van der Waals surface area (Å²) in [6.07, 6.45) is 3.32. The zero-order valence-corrected chi connectivity index (χ0v) is 14.5. The third-order valence-corrected chi connectivity index (χ3v) is 4.15. The molecule has 27 heavy (non-hydrogen) atoms. The molecule has 0 saturated carbocycles. The van der Waals surface area contributed by atoms with Gasteiger partial charge in [-0.2, -0.15) is 5.10 Å². The fraction of sp³-hybridized carbons (Fsp3) is 0.0455. The van der Waals surface area contributed by atoms with Crippen molar-refractivity contribution in [2.24, 2.45) is 5.10 Å². The lowest BCUT2D eigenvalue weighted by atomic mass is 10.1. The van der Waals surface area contributed by atoms with E-state index in [9.17, 15) is 4.79 Å². The van der Waals surface area contributed by atoms with E-state index < -0.39 is 0 Å². The van der Waals surface area contributed by atoms with Gasteiger partial charge in [0.2, 0.25) is 0 Å². The van der Waals surface area contributed by atoms with E-state index in [-0.39, 0.29) is 12.5 Å². The molecule has 0 bridgehead atoms. The van der Waals surface area contributed by atoms with Gasteiger partial charge < -0.3 is 4.74 Å². The predicted molar refractivity (Wildman–Crippen MR) is 107 cm³/mol. The fourth-order valence-corrected chi connectivity index (χ4v) is 2.84. The first-order valence-electron chi connectivity index (χ1n) is 8.57. The van der Waals surface area contributed by atoms with Gasteiger partial charge in [0.05, 0.1) is 11.7 Å². The molecule has 0 aliphatic heterocycles. The molecule has 5 heteroatoms. The summed E-state index contributed by atoms with van der Waals surface area (Å²) in [6.45, 7) is -0.108. The monoisotopic (exact) mass is 355 g/mol. The number of rotatable bonds is 5. The minimum Gasteiger partial charge on any atom is -0.484 e. The Balaban J connectivity index is 1.37. The van der Waals surface area contributed by atoms with Crippen molar-refractivity contribution in [2.45, 2.75) is 0 Å². The molecular weight excluding hydrogens is 338 g/mol. The van der Waals surface area contributed by atoms with Crippen molar-refractivity contribution in [3.05, 3.63) is 84.6 Å². The maximum absolute atomic E-state index is 12.0. The van der Waals surface area contributed by atoms with Gasteiger partial charge in [0.1, 0.15) is 5.75 Å². The van der Waals surface area contributed by atoms with Crippen molar-refractivity contribution in [3.8, 4) is 5.75 Å². The zero-order valence-electron chi connectivity index (χ0n) is 14.5. The van der Waals surface area contributed by atoms with Crippen molar-refractivity contribution in [3.63, 3.8) is 0 Å². The molecule has 0 saturated heterocycles. The molecule has 132 valence electrons. The van der Waals surface area contributed by atoms with Crippen LogP contribution in [-0.2, 0) is 4.79 Å². The van der Waals surface area contributed by atoms with E-state index >= 15 is 0 Å². The van der Waals surface area contributed by atoms with E-state index in [0.717, 1.165) is 27.2 Å². The normalized spacial score (nSPS) is 11.1. The summed E-state index contributed by atoms with van der Waals surface area (Å²) in [5.74, 6) is 0.318. The van der Waals surface area contributed by atoms with Gasteiger partial charge in [-0.3, -0.25) is 9.78 Å². The fourth-order valence-electron chi connectivity index (χ4n) is 2.84. The second-order valence-corrected chi connectivity index (χ2v) is 6.01. The van der Waals surface area contributed by atoms with Gasteiger partial charge in [0.15, 0.2) is 6.61 Å². The molecule has 0 unspecified atom stereocenters. The van der Waals surface area contributed by atoms with E-state index in [0.29, 0.717) is 5.75 Å². The number of para-hydroxylation sites is 1. The maximum atomic E-state index is 12.0. The molecule has 5 nitrogen and oxygen atoms in total. The third kappa shape index (κ3) is 3.93. The van der Waals surface area contributed by atoms with Crippen LogP contribution in [0.4, 0.5) is 0 Å². The van der Waals surface area contributed by atoms with E-state index in [1.54, 1.807) is 12.4 Å². The number of benzene rings is 3. The number of hydrogen-bond donors (Lipinski definition) is 1. The molecule has 1 heterocycles. The Morgan fingerprint density at radius 3 is 2.70 bits per heavy atom. The van der Waals surface area contributed by atoms with E-state index in [1.165, 1.54) is 0 Å². The van der Waals surface area contributed by atoms with Crippen molar-refractivity contribution >= 4 is 33.8 Å². The van der Waals surface area contributed by atoms with E-state index in [4.69, 9.17) is 4.74 Å². The Morgan fingerprint density at radius 2 is 1.78 bits per heavy atom. The van der Waals surface area contributed by atoms with Crippen molar-refractivity contribution in [2.75, 3.05) is 6.61 Å². The van der Waals surface area contributed by atoms with Gasteiger partial charge in [-0.25, -0.2) is 5.43 Å². The van der Waals surface area contributed by atoms with Crippen LogP contribution in [0.25, 0.3) is 21.7 Å². The smallest absolute Gasteiger partial charge is 0.277 e. The molecule has 4 rings (SSSR count). The SMILES string of the molecule is O=C(COc1ccc2ccccc2c1)N/N=C/c1cccc2cccnc12. The minimum absolute atomic E-state index is 0.108. The second-order valence-electron chi connectivity index (χ2n) is 6.01. The molecule has 3 aromatic carbocycles. The first-order chi connectivity index (χ1) is 13.3. The third-order valence-electron chi connectivity index (χ3n) is 4.15. The number of aromatic nitrogens is 1. The van der Waals surface area contributed by atoms with Gasteiger partial charge in [0, 0.05) is 17.1 Å². The van der Waals surface area contributed by atoms with Gasteiger partial charge in [-0.1, -0.05) is 54.6 Å². The number of carbonyl (C=O) groups excluding carboxylic acids is 1. The Bertz CT molecular complexity index is 1130. The van der Waals surface area contributed by atoms with E-state index in [1.807, 2.05) is 72.8 Å². The standard InChI is InChI=1S/C22H17N3O2/c26-21(15-27-20-11-10-16-5-1-2-6-18(16)13-20)25-24-14-19-8-3-7-17-9-4-12-23-22(17)19/h1-14H,15H2,(H,25,26)/b24-14+. The highest BCUT2D eigenvalue weighted by Crippen LogP contribution is 2.20. The lowest BCUT2D eigenvalue weighted by Gasteiger charge is -2.06. The van der Waals surface area contributed by atoms with Crippen LogP contribution in [0.15, 0.2) is 84.1 Å². The number of hydrazone groups is 1. The number of nitrogens with one attached hydrogen (secondary N) is 1. The first-order valence-corrected chi connectivity index (χ1v) is 8.57. The summed E-state index contributed by atoms with van der Waals surface area (Å²) >= 11 is 0. The highest BCUT2D eigenvalue weighted by Gasteiger charge is 2.03. The summed E-state index contributed by atoms with van der Waals surface area (Å²) in [7, 11) is 0. The summed E-state index contributed by atoms with van der Waals surface area (Å²) in [6, 6.07) is 23.4.